The van der Waals surface area contributed by atoms with Gasteiger partial charge < -0.3 is 15.5 Å². The molecule has 1 saturated heterocycles. The number of nitrogens with zero attached hydrogens (tertiary/aromatic N) is 2. The molecule has 0 saturated carbocycles. The van der Waals surface area contributed by atoms with Crippen molar-refractivity contribution in [1.29, 1.82) is 0 Å². The highest BCUT2D eigenvalue weighted by molar-refractivity contribution is 5.49. The van der Waals surface area contributed by atoms with Gasteiger partial charge in [-0.2, -0.15) is 0 Å². The molecule has 0 radical (unpaired) electrons. The van der Waals surface area contributed by atoms with Crippen LogP contribution in [0.3, 0.4) is 0 Å². The first-order valence-corrected chi connectivity index (χ1v) is 8.11. The van der Waals surface area contributed by atoms with Gasteiger partial charge in [0.05, 0.1) is 5.54 Å². The summed E-state index contributed by atoms with van der Waals surface area (Å²) < 4.78 is 13.2. The van der Waals surface area contributed by atoms with Crippen molar-refractivity contribution in [2.75, 3.05) is 37.6 Å². The molecule has 1 aliphatic rings. The van der Waals surface area contributed by atoms with Crippen molar-refractivity contribution in [3.8, 4) is 0 Å². The second kappa shape index (κ2) is 7.23. The summed E-state index contributed by atoms with van der Waals surface area (Å²) in [6.07, 6.45) is 3.34. The molecule has 1 aliphatic heterocycles. The predicted molar refractivity (Wildman–Crippen MR) is 87.2 cm³/mol. The Balaban J connectivity index is 2.25. The Bertz CT molecular complexity index is 434. The molecule has 0 aromatic heterocycles. The maximum Gasteiger partial charge on any atom is 0.123 e. The van der Waals surface area contributed by atoms with Crippen molar-refractivity contribution in [1.82, 2.24) is 4.90 Å². The zero-order chi connectivity index (χ0) is 15.3. The number of anilines is 1. The SMILES string of the molecule is CCN1CCCC(CN)(N(CC)c2ccc(F)cc2)CC1. The number of hydrogen-bond acceptors (Lipinski definition) is 3. The third kappa shape index (κ3) is 3.55. The van der Waals surface area contributed by atoms with Gasteiger partial charge in [-0.05, 0) is 63.5 Å². The van der Waals surface area contributed by atoms with E-state index in [4.69, 9.17) is 5.73 Å². The molecule has 3 nitrogen and oxygen atoms in total. The lowest BCUT2D eigenvalue weighted by Crippen LogP contribution is -2.54. The first-order chi connectivity index (χ1) is 10.1. The van der Waals surface area contributed by atoms with E-state index in [0.29, 0.717) is 6.54 Å². The van der Waals surface area contributed by atoms with Crippen LogP contribution < -0.4 is 10.6 Å². The zero-order valence-electron chi connectivity index (χ0n) is 13.3. The third-order valence-corrected chi connectivity index (χ3v) is 4.86. The Kier molecular flexibility index (Phi) is 5.59. The summed E-state index contributed by atoms with van der Waals surface area (Å²) in [5.41, 5.74) is 7.28. The fourth-order valence-electron chi connectivity index (χ4n) is 3.55. The first kappa shape index (κ1) is 16.2. The van der Waals surface area contributed by atoms with Crippen molar-refractivity contribution < 1.29 is 4.39 Å². The van der Waals surface area contributed by atoms with Gasteiger partial charge in [-0.25, -0.2) is 4.39 Å². The van der Waals surface area contributed by atoms with Gasteiger partial charge in [-0.1, -0.05) is 6.92 Å². The van der Waals surface area contributed by atoms with Crippen molar-refractivity contribution >= 4 is 5.69 Å². The minimum atomic E-state index is -0.186. The third-order valence-electron chi connectivity index (χ3n) is 4.86. The van der Waals surface area contributed by atoms with E-state index in [2.05, 4.69) is 23.6 Å². The van der Waals surface area contributed by atoms with Crippen LogP contribution in [0.4, 0.5) is 10.1 Å². The largest absolute Gasteiger partial charge is 0.365 e. The van der Waals surface area contributed by atoms with Gasteiger partial charge >= 0.3 is 0 Å². The van der Waals surface area contributed by atoms with Crippen LogP contribution in [-0.2, 0) is 0 Å². The predicted octanol–water partition coefficient (Wildman–Crippen LogP) is 2.86. The monoisotopic (exact) mass is 293 g/mol. The van der Waals surface area contributed by atoms with Gasteiger partial charge in [0.25, 0.3) is 0 Å². The zero-order valence-corrected chi connectivity index (χ0v) is 13.3. The molecule has 1 aromatic rings. The second-order valence-electron chi connectivity index (χ2n) is 5.94. The van der Waals surface area contributed by atoms with E-state index in [-0.39, 0.29) is 11.4 Å². The Hall–Kier alpha value is -1.13. The lowest BCUT2D eigenvalue weighted by atomic mass is 9.87. The fraction of sp³-hybridized carbons (Fsp3) is 0.647. The van der Waals surface area contributed by atoms with Crippen LogP contribution in [0.25, 0.3) is 0 Å². The van der Waals surface area contributed by atoms with Crippen LogP contribution in [0.15, 0.2) is 24.3 Å². The van der Waals surface area contributed by atoms with Crippen LogP contribution in [0.5, 0.6) is 0 Å². The average molecular weight is 293 g/mol. The van der Waals surface area contributed by atoms with Gasteiger partial charge in [-0.15, -0.1) is 0 Å². The summed E-state index contributed by atoms with van der Waals surface area (Å²) in [4.78, 5) is 4.88. The molecule has 4 heteroatoms. The molecule has 1 aromatic carbocycles. The molecule has 0 spiro atoms. The van der Waals surface area contributed by atoms with Crippen LogP contribution in [-0.4, -0.2) is 43.2 Å². The summed E-state index contributed by atoms with van der Waals surface area (Å²) in [6.45, 7) is 9.26. The maximum atomic E-state index is 13.2. The minimum absolute atomic E-state index is 0.00347. The van der Waals surface area contributed by atoms with Gasteiger partial charge in [-0.3, -0.25) is 0 Å². The summed E-state index contributed by atoms with van der Waals surface area (Å²) in [5, 5.41) is 0. The Morgan fingerprint density at radius 2 is 1.90 bits per heavy atom. The molecular weight excluding hydrogens is 265 g/mol. The first-order valence-electron chi connectivity index (χ1n) is 8.11. The van der Waals surface area contributed by atoms with E-state index < -0.39 is 0 Å². The van der Waals surface area contributed by atoms with Crippen LogP contribution in [0.2, 0.25) is 0 Å². The van der Waals surface area contributed by atoms with Crippen molar-refractivity contribution in [3.05, 3.63) is 30.1 Å². The molecule has 2 rings (SSSR count). The Labute approximate surface area is 127 Å². The normalized spacial score (nSPS) is 23.8. The number of hydrogen-bond donors (Lipinski definition) is 1. The quantitative estimate of drug-likeness (QED) is 0.906. The Morgan fingerprint density at radius 3 is 2.48 bits per heavy atom. The molecule has 2 N–H and O–H groups in total. The van der Waals surface area contributed by atoms with Crippen molar-refractivity contribution in [3.63, 3.8) is 0 Å². The average Bonchev–Trinajstić information content (AvgIpc) is 2.73. The summed E-state index contributed by atoms with van der Waals surface area (Å²) >= 11 is 0. The Morgan fingerprint density at radius 1 is 1.19 bits per heavy atom. The smallest absolute Gasteiger partial charge is 0.123 e. The standard InChI is InChI=1S/C17H28FN3/c1-3-20-12-5-10-17(14-19,11-13-20)21(4-2)16-8-6-15(18)7-9-16/h6-9H,3-5,10-14,19H2,1-2H3. The molecule has 118 valence electrons. The lowest BCUT2D eigenvalue weighted by Gasteiger charge is -2.44. The molecule has 1 heterocycles. The molecule has 1 atom stereocenters. The van der Waals surface area contributed by atoms with E-state index >= 15 is 0 Å². The number of likely N-dealkylation sites (N-methyl/N-ethyl adjacent to an activating group) is 1. The highest BCUT2D eigenvalue weighted by atomic mass is 19.1. The highest BCUT2D eigenvalue weighted by Gasteiger charge is 2.36. The number of rotatable bonds is 5. The second-order valence-corrected chi connectivity index (χ2v) is 5.94. The molecule has 0 aliphatic carbocycles. The van der Waals surface area contributed by atoms with Gasteiger partial charge in [0, 0.05) is 25.3 Å². The molecular formula is C17H28FN3. The van der Waals surface area contributed by atoms with Crippen LogP contribution in [0.1, 0.15) is 33.1 Å². The lowest BCUT2D eigenvalue weighted by molar-refractivity contribution is 0.285. The molecule has 21 heavy (non-hydrogen) atoms. The topological polar surface area (TPSA) is 32.5 Å². The molecule has 1 fully saturated rings. The summed E-state index contributed by atoms with van der Waals surface area (Å²) in [5.74, 6) is -0.186. The highest BCUT2D eigenvalue weighted by Crippen LogP contribution is 2.32. The van der Waals surface area contributed by atoms with E-state index in [0.717, 1.165) is 44.7 Å². The molecule has 1 unspecified atom stereocenters. The number of nitrogens with two attached hydrogens (primary N) is 1. The minimum Gasteiger partial charge on any atom is -0.365 e. The number of halogens is 1. The van der Waals surface area contributed by atoms with E-state index in [1.54, 1.807) is 0 Å². The van der Waals surface area contributed by atoms with Crippen LogP contribution in [0, 0.1) is 5.82 Å². The number of likely N-dealkylation sites (tertiary alicyclic amines) is 1. The van der Waals surface area contributed by atoms with Gasteiger partial charge in [0.2, 0.25) is 0 Å². The van der Waals surface area contributed by atoms with Crippen LogP contribution >= 0.6 is 0 Å². The molecule has 0 amide bonds. The van der Waals surface area contributed by atoms with E-state index in [9.17, 15) is 4.39 Å². The van der Waals surface area contributed by atoms with Crippen molar-refractivity contribution in [2.45, 2.75) is 38.6 Å². The van der Waals surface area contributed by atoms with Gasteiger partial charge in [0.15, 0.2) is 0 Å². The van der Waals surface area contributed by atoms with E-state index in [1.165, 1.54) is 18.6 Å². The summed E-state index contributed by atoms with van der Waals surface area (Å²) in [7, 11) is 0. The van der Waals surface area contributed by atoms with E-state index in [1.807, 2.05) is 12.1 Å². The maximum absolute atomic E-state index is 13.2. The van der Waals surface area contributed by atoms with Crippen molar-refractivity contribution in [2.24, 2.45) is 5.73 Å². The summed E-state index contributed by atoms with van der Waals surface area (Å²) in [6, 6.07) is 6.83. The number of benzene rings is 1. The molecule has 0 bridgehead atoms. The van der Waals surface area contributed by atoms with Gasteiger partial charge in [0.1, 0.15) is 5.82 Å². The fourth-order valence-corrected chi connectivity index (χ4v) is 3.55.